The average Bonchev–Trinajstić information content (AvgIpc) is 2.97. The number of hydrogen-bond acceptors (Lipinski definition) is 3. The van der Waals surface area contributed by atoms with Crippen molar-refractivity contribution in [1.82, 2.24) is 0 Å². The molecule has 128 valence electrons. The number of halogens is 1. The van der Waals surface area contributed by atoms with E-state index in [0.717, 1.165) is 16.7 Å². The maximum atomic E-state index is 12.9. The first kappa shape index (κ1) is 17.2. The molecule has 1 aliphatic rings. The van der Waals surface area contributed by atoms with Gasteiger partial charge in [-0.25, -0.2) is 0 Å². The molecule has 4 nitrogen and oxygen atoms in total. The minimum atomic E-state index is -0.863. The largest absolute Gasteiger partial charge is 0.497 e. The maximum Gasteiger partial charge on any atom is 0.303 e. The molecule has 2 aromatic carbocycles. The van der Waals surface area contributed by atoms with Crippen molar-refractivity contribution < 1.29 is 19.4 Å². The number of carboxylic acids is 1. The van der Waals surface area contributed by atoms with E-state index in [1.54, 1.807) is 31.4 Å². The molecular weight excluding hydrogens is 340 g/mol. The summed E-state index contributed by atoms with van der Waals surface area (Å²) in [5.74, 6) is -0.642. The monoisotopic (exact) mass is 356 g/mol. The fourth-order valence-electron chi connectivity index (χ4n) is 3.06. The van der Waals surface area contributed by atoms with Gasteiger partial charge in [0.1, 0.15) is 5.75 Å². The summed E-state index contributed by atoms with van der Waals surface area (Å²) in [4.78, 5) is 23.9. The molecule has 0 bridgehead atoms. The highest BCUT2D eigenvalue weighted by Crippen LogP contribution is 2.41. The molecule has 1 N–H and O–H groups in total. The number of carbonyl (C=O) groups excluding carboxylic acids is 1. The van der Waals surface area contributed by atoms with Gasteiger partial charge in [-0.3, -0.25) is 9.59 Å². The number of hydrogen-bond donors (Lipinski definition) is 1. The van der Waals surface area contributed by atoms with Crippen LogP contribution >= 0.6 is 11.6 Å². The van der Waals surface area contributed by atoms with Crippen molar-refractivity contribution >= 4 is 28.9 Å². The lowest BCUT2D eigenvalue weighted by atomic mass is 9.92. The minimum Gasteiger partial charge on any atom is -0.497 e. The van der Waals surface area contributed by atoms with Crippen LogP contribution in [0, 0.1) is 0 Å². The van der Waals surface area contributed by atoms with Crippen LogP contribution in [0.4, 0.5) is 0 Å². The van der Waals surface area contributed by atoms with Crippen LogP contribution in [0.3, 0.4) is 0 Å². The van der Waals surface area contributed by atoms with Crippen LogP contribution < -0.4 is 4.74 Å². The van der Waals surface area contributed by atoms with Gasteiger partial charge in [0.05, 0.1) is 13.0 Å². The lowest BCUT2D eigenvalue weighted by molar-refractivity contribution is -0.136. The Labute approximate surface area is 150 Å². The number of methoxy groups -OCH3 is 1. The normalized spacial score (nSPS) is 15.4. The topological polar surface area (TPSA) is 63.6 Å². The van der Waals surface area contributed by atoms with Crippen molar-refractivity contribution in [3.05, 3.63) is 70.3 Å². The van der Waals surface area contributed by atoms with Gasteiger partial charge in [0.2, 0.25) is 0 Å². The van der Waals surface area contributed by atoms with Crippen LogP contribution in [0.2, 0.25) is 5.02 Å². The second-order valence-corrected chi connectivity index (χ2v) is 6.32. The SMILES string of the molecule is COc1ccc2c(c1)C(CCC(=O)O)=CC2C(=O)c1ccc(Cl)cc1. The third kappa shape index (κ3) is 3.59. The van der Waals surface area contributed by atoms with E-state index >= 15 is 0 Å². The highest BCUT2D eigenvalue weighted by atomic mass is 35.5. The molecule has 0 radical (unpaired) electrons. The third-order valence-corrected chi connectivity index (χ3v) is 4.58. The second kappa shape index (κ2) is 7.11. The third-order valence-electron chi connectivity index (χ3n) is 4.33. The predicted molar refractivity (Wildman–Crippen MR) is 96.4 cm³/mol. The lowest BCUT2D eigenvalue weighted by Gasteiger charge is -2.11. The molecule has 25 heavy (non-hydrogen) atoms. The molecular formula is C20H17ClO4. The summed E-state index contributed by atoms with van der Waals surface area (Å²) >= 11 is 5.89. The average molecular weight is 357 g/mol. The lowest BCUT2D eigenvalue weighted by Crippen LogP contribution is -2.09. The van der Waals surface area contributed by atoms with E-state index in [0.29, 0.717) is 22.8 Å². The summed E-state index contributed by atoms with van der Waals surface area (Å²) in [5.41, 5.74) is 3.20. The van der Waals surface area contributed by atoms with Crippen molar-refractivity contribution in [3.8, 4) is 5.75 Å². The highest BCUT2D eigenvalue weighted by molar-refractivity contribution is 6.30. The molecule has 2 aromatic rings. The number of aliphatic carboxylic acids is 1. The molecule has 0 heterocycles. The summed E-state index contributed by atoms with van der Waals surface area (Å²) in [7, 11) is 1.58. The van der Waals surface area contributed by atoms with Crippen molar-refractivity contribution in [2.45, 2.75) is 18.8 Å². The number of carbonyl (C=O) groups is 2. The van der Waals surface area contributed by atoms with Crippen LogP contribution in [0.5, 0.6) is 5.75 Å². The Bertz CT molecular complexity index is 852. The summed E-state index contributed by atoms with van der Waals surface area (Å²) in [6.45, 7) is 0. The Morgan fingerprint density at radius 3 is 2.52 bits per heavy atom. The van der Waals surface area contributed by atoms with E-state index in [1.165, 1.54) is 0 Å². The summed E-state index contributed by atoms with van der Waals surface area (Å²) in [6.07, 6.45) is 2.26. The van der Waals surface area contributed by atoms with E-state index in [9.17, 15) is 9.59 Å². The Kier molecular flexibility index (Phi) is 4.91. The number of rotatable bonds is 6. The molecule has 0 saturated heterocycles. The summed E-state index contributed by atoms with van der Waals surface area (Å²) in [6, 6.07) is 12.3. The summed E-state index contributed by atoms with van der Waals surface area (Å²) in [5, 5.41) is 9.55. The van der Waals surface area contributed by atoms with Gasteiger partial charge in [-0.15, -0.1) is 0 Å². The van der Waals surface area contributed by atoms with Crippen LogP contribution in [0.25, 0.3) is 5.57 Å². The number of ether oxygens (including phenoxy) is 1. The van der Waals surface area contributed by atoms with Crippen LogP contribution in [0.1, 0.15) is 40.2 Å². The van der Waals surface area contributed by atoms with Gasteiger partial charge >= 0.3 is 5.97 Å². The summed E-state index contributed by atoms with van der Waals surface area (Å²) < 4.78 is 5.26. The Balaban J connectivity index is 1.98. The number of Topliss-reactive ketones (excluding diaryl/α,β-unsaturated/α-hetero) is 1. The van der Waals surface area contributed by atoms with Crippen LogP contribution in [-0.4, -0.2) is 24.0 Å². The first-order valence-corrected chi connectivity index (χ1v) is 8.28. The van der Waals surface area contributed by atoms with Crippen molar-refractivity contribution in [1.29, 1.82) is 0 Å². The molecule has 1 unspecified atom stereocenters. The molecule has 5 heteroatoms. The van der Waals surface area contributed by atoms with Crippen molar-refractivity contribution in [2.24, 2.45) is 0 Å². The van der Waals surface area contributed by atoms with E-state index in [2.05, 4.69) is 0 Å². The quantitative estimate of drug-likeness (QED) is 0.769. The molecule has 0 saturated carbocycles. The van der Waals surface area contributed by atoms with E-state index < -0.39 is 11.9 Å². The fraction of sp³-hybridized carbons (Fsp3) is 0.200. The van der Waals surface area contributed by atoms with Gasteiger partial charge in [-0.1, -0.05) is 23.7 Å². The molecule has 3 rings (SSSR count). The minimum absolute atomic E-state index is 0.0182. The first-order valence-electron chi connectivity index (χ1n) is 7.90. The molecule has 0 fully saturated rings. The Morgan fingerprint density at radius 2 is 1.88 bits per heavy atom. The van der Waals surface area contributed by atoms with E-state index in [-0.39, 0.29) is 12.2 Å². The van der Waals surface area contributed by atoms with Gasteiger partial charge in [0, 0.05) is 17.0 Å². The zero-order valence-electron chi connectivity index (χ0n) is 13.7. The van der Waals surface area contributed by atoms with Gasteiger partial charge in [0.15, 0.2) is 5.78 Å². The predicted octanol–water partition coefficient (Wildman–Crippen LogP) is 4.58. The van der Waals surface area contributed by atoms with Crippen LogP contribution in [0.15, 0.2) is 48.5 Å². The standard InChI is InChI=1S/C20H17ClO4/c1-25-15-7-8-16-17(11-15)13(4-9-19(22)23)10-18(16)20(24)12-2-5-14(21)6-3-12/h2-3,5-8,10-11,18H,4,9H2,1H3,(H,22,23). The maximum absolute atomic E-state index is 12.9. The molecule has 0 aliphatic heterocycles. The second-order valence-electron chi connectivity index (χ2n) is 5.89. The Morgan fingerprint density at radius 1 is 1.16 bits per heavy atom. The smallest absolute Gasteiger partial charge is 0.303 e. The number of fused-ring (bicyclic) bond motifs is 1. The zero-order valence-corrected chi connectivity index (χ0v) is 14.4. The Hall–Kier alpha value is -2.59. The van der Waals surface area contributed by atoms with Crippen molar-refractivity contribution in [2.75, 3.05) is 7.11 Å². The number of ketones is 1. The first-order chi connectivity index (χ1) is 12.0. The molecule has 0 aromatic heterocycles. The molecule has 0 spiro atoms. The number of carboxylic acid groups (broad SMARTS) is 1. The zero-order chi connectivity index (χ0) is 18.0. The van der Waals surface area contributed by atoms with Gasteiger partial charge in [0.25, 0.3) is 0 Å². The molecule has 0 amide bonds. The van der Waals surface area contributed by atoms with Gasteiger partial charge < -0.3 is 9.84 Å². The highest BCUT2D eigenvalue weighted by Gasteiger charge is 2.29. The fourth-order valence-corrected chi connectivity index (χ4v) is 3.19. The van der Waals surface area contributed by atoms with E-state index in [4.69, 9.17) is 21.4 Å². The van der Waals surface area contributed by atoms with Gasteiger partial charge in [-0.2, -0.15) is 0 Å². The van der Waals surface area contributed by atoms with Gasteiger partial charge in [-0.05, 0) is 59.5 Å². The molecule has 1 aliphatic carbocycles. The van der Waals surface area contributed by atoms with Crippen LogP contribution in [-0.2, 0) is 4.79 Å². The molecule has 1 atom stereocenters. The number of benzene rings is 2. The number of allylic oxidation sites excluding steroid dienone is 2. The van der Waals surface area contributed by atoms with E-state index in [1.807, 2.05) is 24.3 Å². The van der Waals surface area contributed by atoms with Crippen molar-refractivity contribution in [3.63, 3.8) is 0 Å².